The van der Waals surface area contributed by atoms with Crippen molar-refractivity contribution in [3.63, 3.8) is 0 Å². The van der Waals surface area contributed by atoms with Crippen LogP contribution in [0.4, 0.5) is 30.7 Å². The minimum Gasteiger partial charge on any atom is -0.267 e. The fraction of sp³-hybridized carbons (Fsp3) is 1.00. The molecular formula is C5H5F7O3S. The van der Waals surface area contributed by atoms with Crippen LogP contribution in [0.5, 0.6) is 0 Å². The zero-order valence-corrected chi connectivity index (χ0v) is 8.30. The molecule has 0 aromatic carbocycles. The van der Waals surface area contributed by atoms with Gasteiger partial charge in [0.25, 0.3) is 0 Å². The maximum absolute atomic E-state index is 12.8. The van der Waals surface area contributed by atoms with Crippen molar-refractivity contribution in [1.82, 2.24) is 0 Å². The van der Waals surface area contributed by atoms with E-state index in [1.807, 2.05) is 0 Å². The first-order valence-corrected chi connectivity index (χ1v) is 4.93. The minimum atomic E-state index is -6.68. The molecule has 0 atom stereocenters. The smallest absolute Gasteiger partial charge is 0.267 e. The van der Waals surface area contributed by atoms with Crippen LogP contribution in [0, 0.1) is 0 Å². The second-order valence-corrected chi connectivity index (χ2v) is 4.16. The average molecular weight is 278 g/mol. The molecule has 0 aromatic heterocycles. The first-order valence-electron chi connectivity index (χ1n) is 3.52. The van der Waals surface area contributed by atoms with E-state index in [0.29, 0.717) is 0 Å². The Kier molecular flexibility index (Phi) is 3.87. The van der Waals surface area contributed by atoms with E-state index in [4.69, 9.17) is 0 Å². The second kappa shape index (κ2) is 4.02. The molecular weight excluding hydrogens is 273 g/mol. The fourth-order valence-electron chi connectivity index (χ4n) is 0.681. The van der Waals surface area contributed by atoms with Crippen LogP contribution >= 0.6 is 0 Å². The lowest BCUT2D eigenvalue weighted by Gasteiger charge is -2.28. The van der Waals surface area contributed by atoms with Crippen LogP contribution < -0.4 is 0 Å². The van der Waals surface area contributed by atoms with Gasteiger partial charge < -0.3 is 0 Å². The van der Waals surface area contributed by atoms with Gasteiger partial charge in [-0.05, 0) is 6.92 Å². The van der Waals surface area contributed by atoms with Gasteiger partial charge in [0.1, 0.15) is 0 Å². The maximum Gasteiger partial charge on any atom is 0.449 e. The number of halogens is 7. The van der Waals surface area contributed by atoms with Gasteiger partial charge in [-0.1, -0.05) is 0 Å². The molecule has 0 N–H and O–H groups in total. The molecule has 0 spiro atoms. The first-order chi connectivity index (χ1) is 6.81. The van der Waals surface area contributed by atoms with E-state index in [9.17, 15) is 39.2 Å². The van der Waals surface area contributed by atoms with Gasteiger partial charge >= 0.3 is 27.5 Å². The van der Waals surface area contributed by atoms with E-state index in [0.717, 1.165) is 6.92 Å². The summed E-state index contributed by atoms with van der Waals surface area (Å²) < 4.78 is 108. The first kappa shape index (κ1) is 15.4. The highest BCUT2D eigenvalue weighted by molar-refractivity contribution is 7.88. The summed E-state index contributed by atoms with van der Waals surface area (Å²) in [6.45, 7) is -0.259. The van der Waals surface area contributed by atoms with Crippen LogP contribution in [0.25, 0.3) is 0 Å². The van der Waals surface area contributed by atoms with Crippen LogP contribution in [-0.4, -0.2) is 32.4 Å². The predicted octanol–water partition coefficient (Wildman–Crippen LogP) is 2.14. The summed E-state index contributed by atoms with van der Waals surface area (Å²) in [7, 11) is -6.50. The summed E-state index contributed by atoms with van der Waals surface area (Å²) in [4.78, 5) is 0. The van der Waals surface area contributed by atoms with E-state index in [2.05, 4.69) is 4.18 Å². The van der Waals surface area contributed by atoms with Gasteiger partial charge in [-0.15, -0.1) is 0 Å². The van der Waals surface area contributed by atoms with Crippen LogP contribution in [0.3, 0.4) is 0 Å². The Morgan fingerprint density at radius 1 is 0.938 bits per heavy atom. The SMILES string of the molecule is CCOS(=O)(=O)C(F)(C(F)(F)F)C(F)(F)F. The molecule has 0 aliphatic heterocycles. The quantitative estimate of drug-likeness (QED) is 0.587. The summed E-state index contributed by atoms with van der Waals surface area (Å²) in [6, 6.07) is 0. The molecule has 0 rings (SSSR count). The highest BCUT2D eigenvalue weighted by Crippen LogP contribution is 2.50. The zero-order valence-electron chi connectivity index (χ0n) is 7.49. The molecule has 3 nitrogen and oxygen atoms in total. The van der Waals surface area contributed by atoms with Crippen molar-refractivity contribution < 1.29 is 43.3 Å². The van der Waals surface area contributed by atoms with Gasteiger partial charge in [-0.3, -0.25) is 4.18 Å². The van der Waals surface area contributed by atoms with Crippen LogP contribution in [0.15, 0.2) is 0 Å². The summed E-state index contributed by atoms with van der Waals surface area (Å²) in [5, 5.41) is -6.43. The van der Waals surface area contributed by atoms with Gasteiger partial charge in [0.15, 0.2) is 0 Å². The molecule has 0 aromatic rings. The van der Waals surface area contributed by atoms with E-state index in [1.54, 1.807) is 0 Å². The Balaban J connectivity index is 5.83. The molecule has 0 bridgehead atoms. The third kappa shape index (κ3) is 2.24. The molecule has 0 unspecified atom stereocenters. The third-order valence-corrected chi connectivity index (χ3v) is 3.04. The largest absolute Gasteiger partial charge is 0.449 e. The predicted molar refractivity (Wildman–Crippen MR) is 36.5 cm³/mol. The van der Waals surface area contributed by atoms with Gasteiger partial charge in [-0.25, -0.2) is 4.39 Å². The maximum atomic E-state index is 12.8. The average Bonchev–Trinajstić information content (AvgIpc) is 1.98. The standard InChI is InChI=1S/C5H5F7O3S/c1-2-15-16(13,14)3(6,4(7,8)9)5(10,11)12/h2H2,1H3. The van der Waals surface area contributed by atoms with Crippen molar-refractivity contribution in [2.45, 2.75) is 24.3 Å². The molecule has 0 fully saturated rings. The molecule has 0 saturated carbocycles. The van der Waals surface area contributed by atoms with Crippen molar-refractivity contribution >= 4 is 10.1 Å². The van der Waals surface area contributed by atoms with E-state index >= 15 is 0 Å². The van der Waals surface area contributed by atoms with Gasteiger partial charge in [-0.2, -0.15) is 34.8 Å². The van der Waals surface area contributed by atoms with Crippen molar-refractivity contribution in [2.75, 3.05) is 6.61 Å². The molecule has 0 saturated heterocycles. The highest BCUT2D eigenvalue weighted by atomic mass is 32.2. The molecule has 0 heterocycles. The minimum absolute atomic E-state index is 0.796. The van der Waals surface area contributed by atoms with Crippen LogP contribution in [0.2, 0.25) is 0 Å². The Bertz CT molecular complexity index is 326. The fourth-order valence-corrected chi connectivity index (χ4v) is 1.72. The lowest BCUT2D eigenvalue weighted by atomic mass is 10.3. The van der Waals surface area contributed by atoms with Crippen molar-refractivity contribution in [3.8, 4) is 0 Å². The van der Waals surface area contributed by atoms with Crippen LogP contribution in [-0.2, 0) is 14.3 Å². The normalized spacial score (nSPS) is 15.2. The molecule has 0 amide bonds. The summed E-state index contributed by atoms with van der Waals surface area (Å²) >= 11 is 0. The van der Waals surface area contributed by atoms with Crippen molar-refractivity contribution in [3.05, 3.63) is 0 Å². The summed E-state index contributed by atoms with van der Waals surface area (Å²) in [6.07, 6.45) is -13.4. The topological polar surface area (TPSA) is 43.4 Å². The second-order valence-electron chi connectivity index (χ2n) is 2.45. The van der Waals surface area contributed by atoms with Gasteiger partial charge in [0.2, 0.25) is 0 Å². The van der Waals surface area contributed by atoms with Gasteiger partial charge in [0.05, 0.1) is 6.61 Å². The molecule has 0 aliphatic rings. The molecule has 0 radical (unpaired) electrons. The lowest BCUT2D eigenvalue weighted by Crippen LogP contribution is -2.59. The molecule has 0 aliphatic carbocycles. The summed E-state index contributed by atoms with van der Waals surface area (Å²) in [5.74, 6) is 0. The monoisotopic (exact) mass is 278 g/mol. The van der Waals surface area contributed by atoms with E-state index < -0.39 is 34.1 Å². The van der Waals surface area contributed by atoms with E-state index in [-0.39, 0.29) is 0 Å². The number of alkyl halides is 7. The zero-order chi connectivity index (χ0) is 13.4. The number of hydrogen-bond donors (Lipinski definition) is 0. The number of rotatable bonds is 3. The highest BCUT2D eigenvalue weighted by Gasteiger charge is 2.81. The third-order valence-electron chi connectivity index (χ3n) is 1.35. The molecule has 11 heteroatoms. The van der Waals surface area contributed by atoms with Crippen molar-refractivity contribution in [1.29, 1.82) is 0 Å². The van der Waals surface area contributed by atoms with Crippen molar-refractivity contribution in [2.24, 2.45) is 0 Å². The van der Waals surface area contributed by atoms with Crippen LogP contribution in [0.1, 0.15) is 6.92 Å². The Hall–Kier alpha value is -0.580. The summed E-state index contributed by atoms with van der Waals surface area (Å²) in [5.41, 5.74) is 0. The molecule has 98 valence electrons. The Morgan fingerprint density at radius 3 is 1.44 bits per heavy atom. The molecule has 16 heavy (non-hydrogen) atoms. The lowest BCUT2D eigenvalue weighted by molar-refractivity contribution is -0.308. The van der Waals surface area contributed by atoms with Gasteiger partial charge in [0, 0.05) is 0 Å². The van der Waals surface area contributed by atoms with E-state index in [1.165, 1.54) is 0 Å². The Labute approximate surface area is 85.3 Å². The Morgan fingerprint density at radius 2 is 1.25 bits per heavy atom. The number of hydrogen-bond acceptors (Lipinski definition) is 3.